The van der Waals surface area contributed by atoms with Gasteiger partial charge in [-0.1, -0.05) is 30.2 Å². The van der Waals surface area contributed by atoms with Gasteiger partial charge in [0.25, 0.3) is 0 Å². The Hall–Kier alpha value is -1.46. The van der Waals surface area contributed by atoms with Crippen LogP contribution in [0.25, 0.3) is 0 Å². The Morgan fingerprint density at radius 3 is 2.67 bits per heavy atom. The van der Waals surface area contributed by atoms with Gasteiger partial charge in [0.05, 0.1) is 0 Å². The van der Waals surface area contributed by atoms with Gasteiger partial charge in [0.2, 0.25) is 0 Å². The van der Waals surface area contributed by atoms with Gasteiger partial charge in [-0.15, -0.1) is 0 Å². The molecule has 0 bridgehead atoms. The van der Waals surface area contributed by atoms with Crippen molar-refractivity contribution in [3.8, 4) is 12.0 Å². The zero-order chi connectivity index (χ0) is 14.7. The predicted molar refractivity (Wildman–Crippen MR) is 87.9 cm³/mol. The first kappa shape index (κ1) is 14.5. The van der Waals surface area contributed by atoms with Gasteiger partial charge in [0, 0.05) is 31.2 Å². The molecule has 1 aliphatic carbocycles. The highest BCUT2D eigenvalue weighted by atomic mass is 15.2. The molecule has 0 unspecified atom stereocenters. The van der Waals surface area contributed by atoms with E-state index < -0.39 is 0 Å². The lowest BCUT2D eigenvalue weighted by Gasteiger charge is -2.41. The van der Waals surface area contributed by atoms with Crippen molar-refractivity contribution in [1.29, 1.82) is 0 Å². The number of fused-ring (bicyclic) bond motifs is 1. The standard InChI is InChI=1S/C19H26N2/c1-3-13-21-14-11-17(12-15-21)20(2)19-10-6-8-16-7-4-5-9-18(16)19/h4-5,7,9,17,19H,6,8,10-12,14-15H2,1-2H3/t19-/m0/s1. The third kappa shape index (κ3) is 3.09. The molecular formula is C19H26N2. The summed E-state index contributed by atoms with van der Waals surface area (Å²) in [4.78, 5) is 4.92. The summed E-state index contributed by atoms with van der Waals surface area (Å²) in [7, 11) is 2.33. The number of benzene rings is 1. The molecule has 0 amide bonds. The first-order valence-corrected chi connectivity index (χ1v) is 8.26. The van der Waals surface area contributed by atoms with E-state index in [1.165, 1.54) is 32.1 Å². The molecule has 1 fully saturated rings. The number of rotatable bonds is 2. The topological polar surface area (TPSA) is 6.48 Å². The highest BCUT2D eigenvalue weighted by molar-refractivity contribution is 5.32. The van der Waals surface area contributed by atoms with Crippen molar-refractivity contribution < 1.29 is 0 Å². The molecule has 2 aliphatic rings. The molecule has 1 aliphatic heterocycles. The Morgan fingerprint density at radius 2 is 1.90 bits per heavy atom. The SMILES string of the molecule is CC#CN1CCC(N(C)[C@H]2CCCc3ccccc32)CC1. The molecule has 1 aromatic carbocycles. The average molecular weight is 282 g/mol. The predicted octanol–water partition coefficient (Wildman–Crippen LogP) is 3.44. The van der Waals surface area contributed by atoms with Crippen molar-refractivity contribution in [3.05, 3.63) is 35.4 Å². The molecule has 1 atom stereocenters. The van der Waals surface area contributed by atoms with Crippen molar-refractivity contribution in [2.45, 2.75) is 51.1 Å². The molecule has 2 heteroatoms. The number of aryl methyl sites for hydroxylation is 1. The Balaban J connectivity index is 1.69. The van der Waals surface area contributed by atoms with E-state index in [0.717, 1.165) is 13.1 Å². The van der Waals surface area contributed by atoms with Crippen LogP contribution in [-0.2, 0) is 6.42 Å². The van der Waals surface area contributed by atoms with E-state index in [-0.39, 0.29) is 0 Å². The molecule has 0 N–H and O–H groups in total. The molecule has 0 saturated carbocycles. The summed E-state index contributed by atoms with van der Waals surface area (Å²) in [5.41, 5.74) is 3.14. The van der Waals surface area contributed by atoms with Crippen molar-refractivity contribution in [1.82, 2.24) is 9.80 Å². The number of nitrogens with zero attached hydrogens (tertiary/aromatic N) is 2. The number of hydrogen-bond acceptors (Lipinski definition) is 2. The maximum absolute atomic E-state index is 3.20. The Bertz CT molecular complexity index is 532. The van der Waals surface area contributed by atoms with Crippen LogP contribution < -0.4 is 0 Å². The molecule has 21 heavy (non-hydrogen) atoms. The lowest BCUT2D eigenvalue weighted by Crippen LogP contribution is -2.43. The van der Waals surface area contributed by atoms with Crippen LogP contribution in [0.1, 0.15) is 49.8 Å². The molecule has 0 radical (unpaired) electrons. The fourth-order valence-corrected chi connectivity index (χ4v) is 3.95. The van der Waals surface area contributed by atoms with Crippen LogP contribution in [0, 0.1) is 12.0 Å². The highest BCUT2D eigenvalue weighted by Gasteiger charge is 2.29. The van der Waals surface area contributed by atoms with E-state index in [1.807, 2.05) is 6.92 Å². The van der Waals surface area contributed by atoms with Crippen LogP contribution in [0.5, 0.6) is 0 Å². The summed E-state index contributed by atoms with van der Waals surface area (Å²) in [6.07, 6.45) is 6.37. The summed E-state index contributed by atoms with van der Waals surface area (Å²) in [6, 6.07) is 13.6. The average Bonchev–Trinajstić information content (AvgIpc) is 2.55. The van der Waals surface area contributed by atoms with E-state index >= 15 is 0 Å². The zero-order valence-corrected chi connectivity index (χ0v) is 13.3. The normalized spacial score (nSPS) is 22.6. The molecule has 0 aromatic heterocycles. The minimum absolute atomic E-state index is 0.615. The first-order chi connectivity index (χ1) is 10.3. The van der Waals surface area contributed by atoms with Gasteiger partial charge in [-0.05, 0) is 57.2 Å². The number of hydrogen-bond donors (Lipinski definition) is 0. The Labute approximate surface area is 129 Å². The van der Waals surface area contributed by atoms with E-state index in [4.69, 9.17) is 0 Å². The molecular weight excluding hydrogens is 256 g/mol. The summed E-state index contributed by atoms with van der Waals surface area (Å²) in [5.74, 6) is 3.02. The minimum atomic E-state index is 0.615. The monoisotopic (exact) mass is 282 g/mol. The van der Waals surface area contributed by atoms with Gasteiger partial charge < -0.3 is 4.90 Å². The minimum Gasteiger partial charge on any atom is -0.333 e. The van der Waals surface area contributed by atoms with Gasteiger partial charge in [0.1, 0.15) is 0 Å². The van der Waals surface area contributed by atoms with E-state index in [0.29, 0.717) is 12.1 Å². The van der Waals surface area contributed by atoms with Crippen LogP contribution in [-0.4, -0.2) is 36.0 Å². The quantitative estimate of drug-likeness (QED) is 0.767. The first-order valence-electron chi connectivity index (χ1n) is 8.26. The summed E-state index contributed by atoms with van der Waals surface area (Å²) < 4.78 is 0. The molecule has 0 spiro atoms. The third-order valence-corrected chi connectivity index (χ3v) is 5.14. The fourth-order valence-electron chi connectivity index (χ4n) is 3.95. The van der Waals surface area contributed by atoms with Crippen LogP contribution in [0.3, 0.4) is 0 Å². The Kier molecular flexibility index (Phi) is 4.51. The molecule has 1 aromatic rings. The van der Waals surface area contributed by atoms with Crippen molar-refractivity contribution in [3.63, 3.8) is 0 Å². The zero-order valence-electron chi connectivity index (χ0n) is 13.3. The smallest absolute Gasteiger partial charge is 0.0350 e. The second-order valence-corrected chi connectivity index (χ2v) is 6.35. The lowest BCUT2D eigenvalue weighted by molar-refractivity contribution is 0.107. The lowest BCUT2D eigenvalue weighted by atomic mass is 9.85. The van der Waals surface area contributed by atoms with Gasteiger partial charge >= 0.3 is 0 Å². The maximum Gasteiger partial charge on any atom is 0.0350 e. The summed E-state index contributed by atoms with van der Waals surface area (Å²) >= 11 is 0. The van der Waals surface area contributed by atoms with E-state index in [1.54, 1.807) is 11.1 Å². The van der Waals surface area contributed by atoms with E-state index in [2.05, 4.69) is 53.1 Å². The van der Waals surface area contributed by atoms with Crippen LogP contribution in [0.4, 0.5) is 0 Å². The third-order valence-electron chi connectivity index (χ3n) is 5.14. The largest absolute Gasteiger partial charge is 0.333 e. The van der Waals surface area contributed by atoms with Gasteiger partial charge in [-0.25, -0.2) is 0 Å². The summed E-state index contributed by atoms with van der Waals surface area (Å²) in [5, 5.41) is 0. The van der Waals surface area contributed by atoms with Gasteiger partial charge in [-0.3, -0.25) is 4.90 Å². The summed E-state index contributed by atoms with van der Waals surface area (Å²) in [6.45, 7) is 4.16. The molecule has 2 nitrogen and oxygen atoms in total. The second-order valence-electron chi connectivity index (χ2n) is 6.35. The number of piperidine rings is 1. The maximum atomic E-state index is 3.20. The van der Waals surface area contributed by atoms with Gasteiger partial charge in [0.15, 0.2) is 0 Å². The van der Waals surface area contributed by atoms with Crippen LogP contribution in [0.15, 0.2) is 24.3 Å². The van der Waals surface area contributed by atoms with E-state index in [9.17, 15) is 0 Å². The van der Waals surface area contributed by atoms with Crippen molar-refractivity contribution >= 4 is 0 Å². The number of likely N-dealkylation sites (tertiary alicyclic amines) is 1. The van der Waals surface area contributed by atoms with Crippen LogP contribution >= 0.6 is 0 Å². The highest BCUT2D eigenvalue weighted by Crippen LogP contribution is 2.35. The van der Waals surface area contributed by atoms with Crippen molar-refractivity contribution in [2.24, 2.45) is 0 Å². The van der Waals surface area contributed by atoms with Gasteiger partial charge in [-0.2, -0.15) is 0 Å². The molecule has 1 saturated heterocycles. The van der Waals surface area contributed by atoms with Crippen molar-refractivity contribution in [2.75, 3.05) is 20.1 Å². The molecule has 1 heterocycles. The fraction of sp³-hybridized carbons (Fsp3) is 0.579. The van der Waals surface area contributed by atoms with Crippen LogP contribution in [0.2, 0.25) is 0 Å². The molecule has 112 valence electrons. The Morgan fingerprint density at radius 1 is 1.14 bits per heavy atom. The molecule has 3 rings (SSSR count). The second kappa shape index (κ2) is 6.54.